The summed E-state index contributed by atoms with van der Waals surface area (Å²) in [7, 11) is 1.70. The third-order valence-corrected chi connectivity index (χ3v) is 4.72. The number of nitrogens with one attached hydrogen (secondary N) is 2. The molecule has 0 bridgehead atoms. The Kier molecular flexibility index (Phi) is 4.03. The molecule has 0 spiro atoms. The van der Waals surface area contributed by atoms with Crippen molar-refractivity contribution >= 4 is 27.7 Å². The molecule has 4 rings (SSSR count). The topological polar surface area (TPSA) is 81.8 Å². The number of para-hydroxylation sites is 1. The van der Waals surface area contributed by atoms with Gasteiger partial charge in [-0.15, -0.1) is 0 Å². The second-order valence-corrected chi connectivity index (χ2v) is 6.92. The number of nitrogens with zero attached hydrogens (tertiary/aromatic N) is 2. The van der Waals surface area contributed by atoms with E-state index in [1.54, 1.807) is 30.1 Å². The summed E-state index contributed by atoms with van der Waals surface area (Å²) in [5, 5.41) is 1.58. The number of fused-ring (bicyclic) bond motifs is 2. The van der Waals surface area contributed by atoms with E-state index >= 15 is 0 Å². The summed E-state index contributed by atoms with van der Waals surface area (Å²) < 4.78 is 0. The van der Waals surface area contributed by atoms with E-state index in [1.165, 1.54) is 0 Å². The van der Waals surface area contributed by atoms with Crippen LogP contribution in [0.25, 0.3) is 21.8 Å². The van der Waals surface area contributed by atoms with Gasteiger partial charge in [0.2, 0.25) is 0 Å². The van der Waals surface area contributed by atoms with Crippen LogP contribution in [0.15, 0.2) is 47.3 Å². The number of rotatable bonds is 3. The average Bonchev–Trinajstić information content (AvgIpc) is 3.05. The van der Waals surface area contributed by atoms with E-state index in [4.69, 9.17) is 0 Å². The smallest absolute Gasteiger partial charge is 0.270 e. The molecule has 0 unspecified atom stereocenters. The first-order valence-corrected chi connectivity index (χ1v) is 8.76. The predicted octanol–water partition coefficient (Wildman–Crippen LogP) is 3.29. The molecule has 4 aromatic rings. The number of carbonyl (C=O) groups is 1. The maximum absolute atomic E-state index is 12.8. The van der Waals surface area contributed by atoms with E-state index in [-0.39, 0.29) is 18.0 Å². The summed E-state index contributed by atoms with van der Waals surface area (Å²) in [6, 6.07) is 13.2. The second-order valence-electron chi connectivity index (χ2n) is 6.92. The van der Waals surface area contributed by atoms with E-state index < -0.39 is 0 Å². The van der Waals surface area contributed by atoms with Gasteiger partial charge in [-0.1, -0.05) is 18.2 Å². The molecule has 0 saturated carbocycles. The van der Waals surface area contributed by atoms with Crippen LogP contribution in [-0.4, -0.2) is 32.8 Å². The van der Waals surface area contributed by atoms with E-state index in [2.05, 4.69) is 21.0 Å². The van der Waals surface area contributed by atoms with Crippen LogP contribution in [0.4, 0.5) is 0 Å². The molecule has 0 aliphatic heterocycles. The minimum Gasteiger partial charge on any atom is -0.351 e. The van der Waals surface area contributed by atoms with Gasteiger partial charge in [0.15, 0.2) is 0 Å². The third-order valence-electron chi connectivity index (χ3n) is 4.72. The zero-order valence-corrected chi connectivity index (χ0v) is 15.5. The molecule has 0 saturated heterocycles. The molecule has 0 atom stereocenters. The van der Waals surface area contributed by atoms with Gasteiger partial charge in [0, 0.05) is 18.0 Å². The zero-order chi connectivity index (χ0) is 19.1. The SMILES string of the molecule is Cc1cc(C)c2cc(C(=O)N(C)Cc3nc4ccccc4c(=O)[nH]3)[nH]c2c1. The number of benzene rings is 2. The van der Waals surface area contributed by atoms with Gasteiger partial charge in [-0.2, -0.15) is 0 Å². The normalized spacial score (nSPS) is 11.2. The van der Waals surface area contributed by atoms with Crippen LogP contribution < -0.4 is 5.56 Å². The fraction of sp³-hybridized carbons (Fsp3) is 0.190. The van der Waals surface area contributed by atoms with Crippen molar-refractivity contribution < 1.29 is 4.79 Å². The zero-order valence-electron chi connectivity index (χ0n) is 15.5. The predicted molar refractivity (Wildman–Crippen MR) is 106 cm³/mol. The maximum atomic E-state index is 12.8. The number of aryl methyl sites for hydroxylation is 2. The van der Waals surface area contributed by atoms with Gasteiger partial charge in [-0.3, -0.25) is 9.59 Å². The second kappa shape index (κ2) is 6.39. The highest BCUT2D eigenvalue weighted by Crippen LogP contribution is 2.22. The molecule has 0 aliphatic carbocycles. The third kappa shape index (κ3) is 3.10. The minimum atomic E-state index is -0.201. The Hall–Kier alpha value is -3.41. The Morgan fingerprint density at radius 1 is 1.07 bits per heavy atom. The molecule has 0 fully saturated rings. The molecule has 1 amide bonds. The van der Waals surface area contributed by atoms with Crippen molar-refractivity contribution in [3.63, 3.8) is 0 Å². The lowest BCUT2D eigenvalue weighted by Crippen LogP contribution is -2.28. The van der Waals surface area contributed by atoms with Gasteiger partial charge in [-0.05, 0) is 49.2 Å². The summed E-state index contributed by atoms with van der Waals surface area (Å²) >= 11 is 0. The van der Waals surface area contributed by atoms with Crippen molar-refractivity contribution in [1.82, 2.24) is 19.9 Å². The standard InChI is InChI=1S/C21H20N4O2/c1-12-8-13(2)15-10-18(22-17(15)9-12)21(27)25(3)11-19-23-16-7-5-4-6-14(16)20(26)24-19/h4-10,22H,11H2,1-3H3,(H,23,24,26). The molecule has 2 aromatic carbocycles. The van der Waals surface area contributed by atoms with Crippen LogP contribution >= 0.6 is 0 Å². The Bertz CT molecular complexity index is 1240. The van der Waals surface area contributed by atoms with Gasteiger partial charge in [0.25, 0.3) is 11.5 Å². The first-order valence-electron chi connectivity index (χ1n) is 8.76. The van der Waals surface area contributed by atoms with Crippen LogP contribution in [0, 0.1) is 13.8 Å². The number of amides is 1. The van der Waals surface area contributed by atoms with Gasteiger partial charge >= 0.3 is 0 Å². The Balaban J connectivity index is 1.63. The largest absolute Gasteiger partial charge is 0.351 e. The highest BCUT2D eigenvalue weighted by molar-refractivity contribution is 5.98. The number of hydrogen-bond acceptors (Lipinski definition) is 3. The molecule has 6 nitrogen and oxygen atoms in total. The lowest BCUT2D eigenvalue weighted by Gasteiger charge is -2.15. The molecule has 0 radical (unpaired) electrons. The molecular formula is C21H20N4O2. The van der Waals surface area contributed by atoms with Crippen molar-refractivity contribution in [2.45, 2.75) is 20.4 Å². The van der Waals surface area contributed by atoms with E-state index in [9.17, 15) is 9.59 Å². The fourth-order valence-electron chi connectivity index (χ4n) is 3.43. The lowest BCUT2D eigenvalue weighted by atomic mass is 10.1. The van der Waals surface area contributed by atoms with Crippen LogP contribution in [0.2, 0.25) is 0 Å². The number of hydrogen-bond donors (Lipinski definition) is 2. The van der Waals surface area contributed by atoms with Crippen molar-refractivity contribution in [2.24, 2.45) is 0 Å². The molecule has 0 aliphatic rings. The molecule has 136 valence electrons. The van der Waals surface area contributed by atoms with Gasteiger partial charge < -0.3 is 14.9 Å². The molecule has 2 N–H and O–H groups in total. The summed E-state index contributed by atoms with van der Waals surface area (Å²) in [5.74, 6) is 0.303. The van der Waals surface area contributed by atoms with Crippen LogP contribution in [0.3, 0.4) is 0 Å². The van der Waals surface area contributed by atoms with Crippen LogP contribution in [-0.2, 0) is 6.54 Å². The fourth-order valence-corrected chi connectivity index (χ4v) is 3.43. The highest BCUT2D eigenvalue weighted by Gasteiger charge is 2.17. The summed E-state index contributed by atoms with van der Waals surface area (Å²) in [6.07, 6.45) is 0. The van der Waals surface area contributed by atoms with Crippen molar-refractivity contribution in [2.75, 3.05) is 7.05 Å². The Morgan fingerprint density at radius 2 is 1.85 bits per heavy atom. The van der Waals surface area contributed by atoms with Crippen molar-refractivity contribution in [1.29, 1.82) is 0 Å². The average molecular weight is 360 g/mol. The monoisotopic (exact) mass is 360 g/mol. The first kappa shape index (κ1) is 17.0. The maximum Gasteiger partial charge on any atom is 0.270 e. The minimum absolute atomic E-state index is 0.154. The number of carbonyl (C=O) groups excluding carboxylic acids is 1. The molecule has 6 heteroatoms. The summed E-state index contributed by atoms with van der Waals surface area (Å²) in [6.45, 7) is 4.28. The molecule has 27 heavy (non-hydrogen) atoms. The molecule has 2 heterocycles. The summed E-state index contributed by atoms with van der Waals surface area (Å²) in [5.41, 5.74) is 4.16. The van der Waals surface area contributed by atoms with Gasteiger partial charge in [0.1, 0.15) is 11.5 Å². The first-order chi connectivity index (χ1) is 12.9. The van der Waals surface area contributed by atoms with Gasteiger partial charge in [0.05, 0.1) is 17.4 Å². The van der Waals surface area contributed by atoms with E-state index in [0.717, 1.165) is 22.0 Å². The number of H-pyrrole nitrogens is 2. The van der Waals surface area contributed by atoms with Gasteiger partial charge in [-0.25, -0.2) is 4.98 Å². The number of aromatic nitrogens is 3. The highest BCUT2D eigenvalue weighted by atomic mass is 16.2. The van der Waals surface area contributed by atoms with Crippen LogP contribution in [0.1, 0.15) is 27.4 Å². The van der Waals surface area contributed by atoms with E-state index in [1.807, 2.05) is 32.0 Å². The Labute approximate surface area is 155 Å². The lowest BCUT2D eigenvalue weighted by molar-refractivity contribution is 0.0776. The molecule has 2 aromatic heterocycles. The Morgan fingerprint density at radius 3 is 2.67 bits per heavy atom. The summed E-state index contributed by atoms with van der Waals surface area (Å²) in [4.78, 5) is 37.0. The van der Waals surface area contributed by atoms with Crippen molar-refractivity contribution in [3.8, 4) is 0 Å². The quantitative estimate of drug-likeness (QED) is 0.588. The molecular weight excluding hydrogens is 340 g/mol. The number of aromatic amines is 2. The van der Waals surface area contributed by atoms with Crippen LogP contribution in [0.5, 0.6) is 0 Å². The van der Waals surface area contributed by atoms with E-state index in [0.29, 0.717) is 22.4 Å². The van der Waals surface area contributed by atoms with Crippen molar-refractivity contribution in [3.05, 3.63) is 75.5 Å².